The lowest BCUT2D eigenvalue weighted by atomic mass is 9.85. The van der Waals surface area contributed by atoms with Gasteiger partial charge in [-0.15, -0.1) is 13.2 Å². The van der Waals surface area contributed by atoms with Crippen LogP contribution in [0.2, 0.25) is 0 Å². The average Bonchev–Trinajstić information content (AvgIpc) is 2.84. The first kappa shape index (κ1) is 17.1. The van der Waals surface area contributed by atoms with E-state index in [4.69, 9.17) is 10.5 Å². The Labute approximate surface area is 128 Å². The zero-order chi connectivity index (χ0) is 16.5. The minimum atomic E-state index is -4.70. The maximum Gasteiger partial charge on any atom is 0.573 e. The second kappa shape index (κ2) is 6.08. The third-order valence-corrected chi connectivity index (χ3v) is 3.77. The van der Waals surface area contributed by atoms with Gasteiger partial charge in [-0.1, -0.05) is 26.8 Å². The molecule has 1 aromatic rings. The highest BCUT2D eigenvalue weighted by Gasteiger charge is 2.33. The van der Waals surface area contributed by atoms with Gasteiger partial charge in [0.1, 0.15) is 5.75 Å². The number of halogens is 3. The SMILES string of the molecule is CC(C)(C)c1cc(OC(F)(F)F)cc(C2CCC(CN)O2)c1. The van der Waals surface area contributed by atoms with Crippen LogP contribution in [0, 0.1) is 0 Å². The molecule has 1 saturated heterocycles. The second-order valence-electron chi connectivity index (χ2n) is 6.65. The standard InChI is InChI=1S/C16H22F3NO2/c1-15(2,3)11-6-10(14-5-4-12(9-20)21-14)7-13(8-11)22-16(17,18)19/h6-8,12,14H,4-5,9,20H2,1-3H3. The van der Waals surface area contributed by atoms with Crippen molar-refractivity contribution in [3.05, 3.63) is 29.3 Å². The van der Waals surface area contributed by atoms with E-state index < -0.39 is 6.36 Å². The zero-order valence-corrected chi connectivity index (χ0v) is 13.0. The number of nitrogens with two attached hydrogens (primary N) is 1. The first-order chi connectivity index (χ1) is 10.1. The summed E-state index contributed by atoms with van der Waals surface area (Å²) in [4.78, 5) is 0. The van der Waals surface area contributed by atoms with Crippen LogP contribution in [0.25, 0.3) is 0 Å². The molecule has 3 nitrogen and oxygen atoms in total. The van der Waals surface area contributed by atoms with Gasteiger partial charge < -0.3 is 15.2 Å². The minimum absolute atomic E-state index is 0.0322. The van der Waals surface area contributed by atoms with Crippen LogP contribution in [0.5, 0.6) is 5.75 Å². The smallest absolute Gasteiger partial charge is 0.406 e. The molecule has 0 aliphatic carbocycles. The fraction of sp³-hybridized carbons (Fsp3) is 0.625. The lowest BCUT2D eigenvalue weighted by Crippen LogP contribution is -2.20. The van der Waals surface area contributed by atoms with E-state index >= 15 is 0 Å². The first-order valence-corrected chi connectivity index (χ1v) is 7.35. The van der Waals surface area contributed by atoms with Crippen LogP contribution in [-0.4, -0.2) is 19.0 Å². The summed E-state index contributed by atoms with van der Waals surface area (Å²) in [6.45, 7) is 6.26. The van der Waals surface area contributed by atoms with Gasteiger partial charge in [-0.25, -0.2) is 0 Å². The largest absolute Gasteiger partial charge is 0.573 e. The molecule has 1 aliphatic heterocycles. The number of rotatable bonds is 3. The number of hydrogen-bond acceptors (Lipinski definition) is 3. The molecule has 1 heterocycles. The molecular weight excluding hydrogens is 295 g/mol. The van der Waals surface area contributed by atoms with Crippen molar-refractivity contribution in [3.63, 3.8) is 0 Å². The summed E-state index contributed by atoms with van der Waals surface area (Å²) in [5, 5.41) is 0. The van der Waals surface area contributed by atoms with Crippen LogP contribution in [0.4, 0.5) is 13.2 Å². The molecule has 0 bridgehead atoms. The van der Waals surface area contributed by atoms with Crippen molar-refractivity contribution in [2.45, 2.75) is 57.6 Å². The summed E-state index contributed by atoms with van der Waals surface area (Å²) in [6, 6.07) is 4.74. The molecule has 0 amide bonds. The Morgan fingerprint density at radius 1 is 1.18 bits per heavy atom. The van der Waals surface area contributed by atoms with Crippen molar-refractivity contribution < 1.29 is 22.6 Å². The molecule has 6 heteroatoms. The highest BCUT2D eigenvalue weighted by atomic mass is 19.4. The molecule has 22 heavy (non-hydrogen) atoms. The Morgan fingerprint density at radius 2 is 1.86 bits per heavy atom. The highest BCUT2D eigenvalue weighted by molar-refractivity contribution is 5.39. The summed E-state index contributed by atoms with van der Waals surface area (Å²) in [5.74, 6) is -0.199. The Kier molecular flexibility index (Phi) is 4.73. The van der Waals surface area contributed by atoms with Crippen molar-refractivity contribution in [1.82, 2.24) is 0 Å². The summed E-state index contributed by atoms with van der Waals surface area (Å²) >= 11 is 0. The molecule has 0 radical (unpaired) electrons. The molecule has 2 N–H and O–H groups in total. The maximum absolute atomic E-state index is 12.5. The minimum Gasteiger partial charge on any atom is -0.406 e. The Bertz CT molecular complexity index is 523. The molecule has 1 fully saturated rings. The molecule has 0 aromatic heterocycles. The van der Waals surface area contributed by atoms with Gasteiger partial charge in [0, 0.05) is 6.54 Å². The molecule has 1 aromatic carbocycles. The Hall–Kier alpha value is -1.27. The first-order valence-electron chi connectivity index (χ1n) is 7.35. The van der Waals surface area contributed by atoms with Crippen LogP contribution in [0.15, 0.2) is 18.2 Å². The topological polar surface area (TPSA) is 44.5 Å². The number of ether oxygens (including phenoxy) is 2. The van der Waals surface area contributed by atoms with Crippen molar-refractivity contribution in [2.75, 3.05) is 6.54 Å². The van der Waals surface area contributed by atoms with E-state index in [0.717, 1.165) is 18.4 Å². The fourth-order valence-electron chi connectivity index (χ4n) is 2.56. The molecule has 2 atom stereocenters. The van der Waals surface area contributed by atoms with Gasteiger partial charge in [-0.3, -0.25) is 0 Å². The van der Waals surface area contributed by atoms with Gasteiger partial charge >= 0.3 is 6.36 Å². The third kappa shape index (κ3) is 4.36. The molecule has 1 aliphatic rings. The van der Waals surface area contributed by atoms with E-state index in [1.54, 1.807) is 0 Å². The lowest BCUT2D eigenvalue weighted by molar-refractivity contribution is -0.274. The summed E-state index contributed by atoms with van der Waals surface area (Å²) < 4.78 is 47.5. The van der Waals surface area contributed by atoms with Crippen molar-refractivity contribution in [1.29, 1.82) is 0 Å². The number of alkyl halides is 3. The van der Waals surface area contributed by atoms with Crippen molar-refractivity contribution in [3.8, 4) is 5.75 Å². The summed E-state index contributed by atoms with van der Waals surface area (Å²) in [5.41, 5.74) is 6.79. The van der Waals surface area contributed by atoms with Crippen molar-refractivity contribution in [2.24, 2.45) is 5.73 Å². The Morgan fingerprint density at radius 3 is 2.36 bits per heavy atom. The predicted octanol–water partition coefficient (Wildman–Crippen LogP) is 4.06. The maximum atomic E-state index is 12.5. The lowest BCUT2D eigenvalue weighted by Gasteiger charge is -2.23. The van der Waals surface area contributed by atoms with Gasteiger partial charge in [0.15, 0.2) is 0 Å². The fourth-order valence-corrected chi connectivity index (χ4v) is 2.56. The van der Waals surface area contributed by atoms with Gasteiger partial charge in [-0.05, 0) is 41.5 Å². The monoisotopic (exact) mass is 317 g/mol. The van der Waals surface area contributed by atoms with E-state index in [1.807, 2.05) is 26.8 Å². The van der Waals surface area contributed by atoms with E-state index in [1.165, 1.54) is 12.1 Å². The molecule has 124 valence electrons. The molecular formula is C16H22F3NO2. The average molecular weight is 317 g/mol. The van der Waals surface area contributed by atoms with Crippen LogP contribution in [0.3, 0.4) is 0 Å². The van der Waals surface area contributed by atoms with E-state index in [-0.39, 0.29) is 23.4 Å². The van der Waals surface area contributed by atoms with Gasteiger partial charge in [0.2, 0.25) is 0 Å². The summed E-state index contributed by atoms with van der Waals surface area (Å²) in [6.07, 6.45) is -3.40. The molecule has 2 unspecified atom stereocenters. The Balaban J connectivity index is 2.34. The molecule has 2 rings (SSSR count). The van der Waals surface area contributed by atoms with Crippen molar-refractivity contribution >= 4 is 0 Å². The molecule has 0 saturated carbocycles. The van der Waals surface area contributed by atoms with Gasteiger partial charge in [-0.2, -0.15) is 0 Å². The predicted molar refractivity (Wildman–Crippen MR) is 77.7 cm³/mol. The van der Waals surface area contributed by atoms with Gasteiger partial charge in [0.05, 0.1) is 12.2 Å². The quantitative estimate of drug-likeness (QED) is 0.914. The highest BCUT2D eigenvalue weighted by Crippen LogP contribution is 2.38. The van der Waals surface area contributed by atoms with Gasteiger partial charge in [0.25, 0.3) is 0 Å². The third-order valence-electron chi connectivity index (χ3n) is 3.77. The normalized spacial score (nSPS) is 22.9. The molecule has 0 spiro atoms. The van der Waals surface area contributed by atoms with Crippen LogP contribution in [0.1, 0.15) is 50.8 Å². The van der Waals surface area contributed by atoms with Crippen LogP contribution in [-0.2, 0) is 10.2 Å². The van der Waals surface area contributed by atoms with E-state index in [9.17, 15) is 13.2 Å². The van der Waals surface area contributed by atoms with E-state index in [2.05, 4.69) is 4.74 Å². The summed E-state index contributed by atoms with van der Waals surface area (Å²) in [7, 11) is 0. The van der Waals surface area contributed by atoms with E-state index in [0.29, 0.717) is 12.1 Å². The number of hydrogen-bond donors (Lipinski definition) is 1. The number of benzene rings is 1. The van der Waals surface area contributed by atoms with Crippen LogP contribution >= 0.6 is 0 Å². The van der Waals surface area contributed by atoms with Crippen LogP contribution < -0.4 is 10.5 Å². The zero-order valence-electron chi connectivity index (χ0n) is 13.0. The second-order valence-corrected chi connectivity index (χ2v) is 6.65.